The van der Waals surface area contributed by atoms with Gasteiger partial charge >= 0.3 is 0 Å². The quantitative estimate of drug-likeness (QED) is 0.483. The van der Waals surface area contributed by atoms with Gasteiger partial charge in [0.2, 0.25) is 0 Å². The summed E-state index contributed by atoms with van der Waals surface area (Å²) in [5.41, 5.74) is 4.42. The molecule has 2 aliphatic carbocycles. The predicted octanol–water partition coefficient (Wildman–Crippen LogP) is 6.48. The predicted molar refractivity (Wildman–Crippen MR) is 147 cm³/mol. The molecular weight excluding hydrogens is 472 g/mol. The van der Waals surface area contributed by atoms with E-state index in [0.29, 0.717) is 18.1 Å². The van der Waals surface area contributed by atoms with Crippen LogP contribution in [-0.2, 0) is 20.3 Å². The summed E-state index contributed by atoms with van der Waals surface area (Å²) < 4.78 is 19.7. The Morgan fingerprint density at radius 2 is 1.60 bits per heavy atom. The fourth-order valence-electron chi connectivity index (χ4n) is 6.86. The molecule has 3 aliphatic rings. The Bertz CT molecular complexity index is 1090. The van der Waals surface area contributed by atoms with Crippen molar-refractivity contribution in [2.24, 2.45) is 16.7 Å². The molecule has 0 amide bonds. The van der Waals surface area contributed by atoms with E-state index in [2.05, 4.69) is 82.3 Å². The van der Waals surface area contributed by atoms with E-state index in [1.54, 1.807) is 18.9 Å². The topological polar surface area (TPSA) is 46.5 Å². The zero-order valence-corrected chi connectivity index (χ0v) is 23.2. The molecule has 0 unspecified atom stereocenters. The highest BCUT2D eigenvalue weighted by Crippen LogP contribution is 2.66. The number of hydrogen-bond acceptors (Lipinski definition) is 4. The molecule has 188 valence electrons. The molecule has 1 heterocycles. The van der Waals surface area contributed by atoms with Crippen molar-refractivity contribution in [2.45, 2.75) is 69.7 Å². The van der Waals surface area contributed by atoms with Gasteiger partial charge in [0, 0.05) is 40.4 Å². The first-order valence-electron chi connectivity index (χ1n) is 12.7. The normalized spacial score (nSPS) is 31.8. The van der Waals surface area contributed by atoms with Crippen LogP contribution in [0.5, 0.6) is 0 Å². The number of hydrogen-bond donors (Lipinski definition) is 1. The smallest absolute Gasteiger partial charge is 0.123 e. The Hall–Kier alpha value is -1.40. The fourth-order valence-corrected chi connectivity index (χ4v) is 10.6. The summed E-state index contributed by atoms with van der Waals surface area (Å²) in [7, 11) is 0.542. The minimum atomic E-state index is -1.19. The van der Waals surface area contributed by atoms with Crippen LogP contribution in [-0.4, -0.2) is 33.7 Å². The first-order chi connectivity index (χ1) is 16.6. The van der Waals surface area contributed by atoms with Crippen LogP contribution in [0.1, 0.15) is 61.8 Å². The Kier molecular flexibility index (Phi) is 6.61. The molecule has 2 bridgehead atoms. The summed E-state index contributed by atoms with van der Waals surface area (Å²) in [6.07, 6.45) is 5.33. The van der Waals surface area contributed by atoms with Crippen LogP contribution in [0.15, 0.2) is 59.5 Å². The van der Waals surface area contributed by atoms with Crippen molar-refractivity contribution in [1.29, 1.82) is 0 Å². The molecule has 0 aromatic heterocycles. The second kappa shape index (κ2) is 9.16. The first-order valence-corrected chi connectivity index (χ1v) is 14.9. The van der Waals surface area contributed by atoms with Crippen LogP contribution < -0.4 is 0 Å². The molecule has 2 saturated carbocycles. The van der Waals surface area contributed by atoms with E-state index in [-0.39, 0.29) is 27.1 Å². The lowest BCUT2D eigenvalue weighted by Gasteiger charge is -2.43. The monoisotopic (exact) mass is 510 g/mol. The number of thioether (sulfide) groups is 1. The van der Waals surface area contributed by atoms with Gasteiger partial charge in [-0.25, -0.2) is 0 Å². The van der Waals surface area contributed by atoms with Gasteiger partial charge in [-0.05, 0) is 61.6 Å². The maximum absolute atomic E-state index is 14.2. The summed E-state index contributed by atoms with van der Waals surface area (Å²) >= 11 is 1.79. The lowest BCUT2D eigenvalue weighted by molar-refractivity contribution is 0.0161. The lowest BCUT2D eigenvalue weighted by atomic mass is 9.70. The van der Waals surface area contributed by atoms with E-state index in [1.807, 2.05) is 0 Å². The third-order valence-electron chi connectivity index (χ3n) is 9.40. The Morgan fingerprint density at radius 3 is 2.06 bits per heavy atom. The Labute approximate surface area is 217 Å². The highest BCUT2D eigenvalue weighted by Gasteiger charge is 2.64. The molecule has 5 heteroatoms. The maximum atomic E-state index is 14.2. The average molecular weight is 511 g/mol. The van der Waals surface area contributed by atoms with Gasteiger partial charge in [-0.1, -0.05) is 73.5 Å². The van der Waals surface area contributed by atoms with Crippen LogP contribution in [0.3, 0.4) is 0 Å². The van der Waals surface area contributed by atoms with Crippen LogP contribution in [0.2, 0.25) is 0 Å². The van der Waals surface area contributed by atoms with E-state index in [0.717, 1.165) is 24.2 Å². The number of aliphatic hydroxyl groups excluding tert-OH is 1. The van der Waals surface area contributed by atoms with Gasteiger partial charge in [0.25, 0.3) is 0 Å². The maximum Gasteiger partial charge on any atom is 0.123 e. The molecule has 3 nitrogen and oxygen atoms in total. The second-order valence-corrected chi connectivity index (χ2v) is 14.3. The molecule has 5 atom stereocenters. The number of aliphatic hydroxyl groups is 1. The Balaban J connectivity index is 1.55. The third kappa shape index (κ3) is 4.07. The first kappa shape index (κ1) is 25.3. The molecular formula is C30H38O3S2. The number of allylic oxidation sites excluding steroid dienone is 1. The van der Waals surface area contributed by atoms with Crippen molar-refractivity contribution in [3.8, 4) is 0 Å². The second-order valence-electron chi connectivity index (χ2n) is 11.4. The van der Waals surface area contributed by atoms with Crippen LogP contribution in [0, 0.1) is 30.6 Å². The highest BCUT2D eigenvalue weighted by molar-refractivity contribution is 8.01. The summed E-state index contributed by atoms with van der Waals surface area (Å²) in [6.45, 7) is 8.78. The van der Waals surface area contributed by atoms with Crippen molar-refractivity contribution in [1.82, 2.24) is 0 Å². The molecule has 0 saturated heterocycles. The van der Waals surface area contributed by atoms with Gasteiger partial charge in [-0.2, -0.15) is 0 Å². The summed E-state index contributed by atoms with van der Waals surface area (Å²) in [5.74, 6) is 1.05. The molecule has 5 rings (SSSR count). The number of methoxy groups -OCH3 is 1. The van der Waals surface area contributed by atoms with Crippen molar-refractivity contribution in [3.05, 3.63) is 81.8 Å². The van der Waals surface area contributed by atoms with Crippen molar-refractivity contribution in [3.63, 3.8) is 0 Å². The number of benzene rings is 2. The van der Waals surface area contributed by atoms with Crippen LogP contribution in [0.4, 0.5) is 0 Å². The fraction of sp³-hybridized carbons (Fsp3) is 0.533. The summed E-state index contributed by atoms with van der Waals surface area (Å²) in [4.78, 5) is 0.949. The van der Waals surface area contributed by atoms with E-state index >= 15 is 0 Å². The molecule has 2 fully saturated rings. The van der Waals surface area contributed by atoms with Crippen LogP contribution in [0.25, 0.3) is 0 Å². The zero-order valence-electron chi connectivity index (χ0n) is 21.5. The van der Waals surface area contributed by atoms with Crippen molar-refractivity contribution in [2.75, 3.05) is 12.9 Å². The summed E-state index contributed by atoms with van der Waals surface area (Å²) in [5, 5.41) is 11.1. The van der Waals surface area contributed by atoms with Gasteiger partial charge < -0.3 is 9.84 Å². The van der Waals surface area contributed by atoms with Gasteiger partial charge in [-0.3, -0.25) is 4.21 Å². The standard InChI is InChI=1S/C30H38O3S2/c1-20-6-10-22(11-7-20)30(23-12-8-21(2)9-13-23)18-25(17-27(33-5)34-30)35(32)19-29-15-14-24(16-26(29)31)28(29,3)4/h6-13,17,24,26-27,31H,14-16,18-19H2,1-5H3/t24-,26-,27+,29-,35-/m1/s1. The molecule has 2 aromatic rings. The minimum absolute atomic E-state index is 0.0116. The highest BCUT2D eigenvalue weighted by atomic mass is 32.2. The van der Waals surface area contributed by atoms with Crippen molar-refractivity contribution >= 4 is 22.6 Å². The molecule has 2 aromatic carbocycles. The van der Waals surface area contributed by atoms with Crippen LogP contribution >= 0.6 is 11.8 Å². The molecule has 0 radical (unpaired) electrons. The van der Waals surface area contributed by atoms with E-state index in [4.69, 9.17) is 4.74 Å². The molecule has 1 aliphatic heterocycles. The van der Waals surface area contributed by atoms with Crippen molar-refractivity contribution < 1.29 is 14.1 Å². The number of aryl methyl sites for hydroxylation is 2. The summed E-state index contributed by atoms with van der Waals surface area (Å²) in [6, 6.07) is 17.5. The Morgan fingerprint density at radius 1 is 1.03 bits per heavy atom. The number of rotatable bonds is 6. The number of fused-ring (bicyclic) bond motifs is 2. The van der Waals surface area contributed by atoms with E-state index in [9.17, 15) is 9.32 Å². The minimum Gasteiger partial charge on any atom is -0.392 e. The van der Waals surface area contributed by atoms with Gasteiger partial charge in [0.1, 0.15) is 5.44 Å². The average Bonchev–Trinajstić information content (AvgIpc) is 3.19. The third-order valence-corrected chi connectivity index (χ3v) is 12.6. The largest absolute Gasteiger partial charge is 0.392 e. The lowest BCUT2D eigenvalue weighted by Crippen LogP contribution is -2.44. The molecule has 35 heavy (non-hydrogen) atoms. The zero-order chi connectivity index (χ0) is 25.0. The SMILES string of the molecule is CO[C@@H]1C=C([S@](=O)C[C@]23CC[C@H](C[C@H]2O)C3(C)C)CC(c2ccc(C)cc2)(c2ccc(C)cc2)S1. The van der Waals surface area contributed by atoms with Gasteiger partial charge in [0.05, 0.1) is 10.9 Å². The molecule has 1 N–H and O–H groups in total. The van der Waals surface area contributed by atoms with Gasteiger partial charge in [0.15, 0.2) is 0 Å². The van der Waals surface area contributed by atoms with E-state index in [1.165, 1.54) is 22.3 Å². The van der Waals surface area contributed by atoms with E-state index < -0.39 is 10.8 Å². The number of ether oxygens (including phenoxy) is 1. The van der Waals surface area contributed by atoms with Gasteiger partial charge in [-0.15, -0.1) is 11.8 Å². The molecule has 0 spiro atoms.